The number of nitrogens with one attached hydrogen (secondary N) is 1. The summed E-state index contributed by atoms with van der Waals surface area (Å²) in [5, 5.41) is 19.7. The lowest BCUT2D eigenvalue weighted by atomic mass is 9.98. The van der Waals surface area contributed by atoms with Crippen molar-refractivity contribution in [3.8, 4) is 0 Å². The molecule has 0 rings (SSSR count). The summed E-state index contributed by atoms with van der Waals surface area (Å²) in [6.45, 7) is 1.28. The van der Waals surface area contributed by atoms with Crippen molar-refractivity contribution in [2.24, 2.45) is 5.92 Å². The van der Waals surface area contributed by atoms with Gasteiger partial charge < -0.3 is 15.5 Å². The Bertz CT molecular complexity index is 236. The van der Waals surface area contributed by atoms with E-state index < -0.39 is 23.9 Å². The first kappa shape index (κ1) is 12.6. The summed E-state index contributed by atoms with van der Waals surface area (Å²) in [5.41, 5.74) is 0. The minimum Gasteiger partial charge on any atom is -0.481 e. The maximum absolute atomic E-state index is 10.9. The average Bonchev–Trinajstić information content (AvgIpc) is 2.03. The smallest absolute Gasteiger partial charge is 0.317 e. The van der Waals surface area contributed by atoms with Gasteiger partial charge in [-0.3, -0.25) is 14.4 Å². The molecule has 1 atom stereocenters. The largest absolute Gasteiger partial charge is 0.481 e. The molecular formula is C8H13NO5. The molecule has 0 aliphatic heterocycles. The first-order chi connectivity index (χ1) is 6.40. The van der Waals surface area contributed by atoms with Crippen LogP contribution in [0, 0.1) is 5.92 Å². The van der Waals surface area contributed by atoms with Crippen molar-refractivity contribution in [1.29, 1.82) is 0 Å². The van der Waals surface area contributed by atoms with Gasteiger partial charge in [0.2, 0.25) is 0 Å². The predicted octanol–water partition coefficient (Wildman–Crippen LogP) is -0.661. The van der Waals surface area contributed by atoms with E-state index in [1.165, 1.54) is 14.0 Å². The van der Waals surface area contributed by atoms with E-state index >= 15 is 0 Å². The van der Waals surface area contributed by atoms with Crippen LogP contribution in [0.3, 0.4) is 0 Å². The molecule has 0 aromatic heterocycles. The maximum atomic E-state index is 10.9. The fourth-order valence-electron chi connectivity index (χ4n) is 1.03. The predicted molar refractivity (Wildman–Crippen MR) is 46.9 cm³/mol. The zero-order valence-corrected chi connectivity index (χ0v) is 7.98. The van der Waals surface area contributed by atoms with Crippen LogP contribution in [-0.2, 0) is 14.4 Å². The molecule has 0 aliphatic rings. The van der Waals surface area contributed by atoms with Crippen LogP contribution in [0.5, 0.6) is 0 Å². The number of carboxylic acids is 2. The Morgan fingerprint density at radius 1 is 1.21 bits per heavy atom. The summed E-state index contributed by atoms with van der Waals surface area (Å²) in [6, 6.07) is -0.729. The lowest BCUT2D eigenvalue weighted by molar-refractivity contribution is -0.155. The molecule has 80 valence electrons. The molecule has 0 spiro atoms. The zero-order valence-electron chi connectivity index (χ0n) is 7.98. The highest BCUT2D eigenvalue weighted by Gasteiger charge is 2.30. The third kappa shape index (κ3) is 3.53. The van der Waals surface area contributed by atoms with Crippen LogP contribution in [0.2, 0.25) is 0 Å². The number of aliphatic carboxylic acids is 2. The average molecular weight is 203 g/mol. The van der Waals surface area contributed by atoms with Gasteiger partial charge in [-0.25, -0.2) is 0 Å². The Kier molecular flexibility index (Phi) is 4.79. The minimum absolute atomic E-state index is 0.240. The molecule has 6 heteroatoms. The summed E-state index contributed by atoms with van der Waals surface area (Å²) in [6.07, 6.45) is -0.240. The van der Waals surface area contributed by atoms with Gasteiger partial charge in [-0.05, 0) is 20.4 Å². The van der Waals surface area contributed by atoms with Crippen molar-refractivity contribution in [2.75, 3.05) is 7.05 Å². The van der Waals surface area contributed by atoms with Gasteiger partial charge in [0, 0.05) is 0 Å². The molecule has 0 heterocycles. The minimum atomic E-state index is -1.55. The van der Waals surface area contributed by atoms with Crippen LogP contribution >= 0.6 is 0 Å². The topological polar surface area (TPSA) is 104 Å². The van der Waals surface area contributed by atoms with Crippen LogP contribution in [-0.4, -0.2) is 41.0 Å². The van der Waals surface area contributed by atoms with Crippen LogP contribution in [0.15, 0.2) is 0 Å². The van der Waals surface area contributed by atoms with Gasteiger partial charge in [-0.15, -0.1) is 0 Å². The molecule has 6 nitrogen and oxygen atoms in total. The molecule has 0 unspecified atom stereocenters. The molecule has 0 saturated heterocycles. The monoisotopic (exact) mass is 203 g/mol. The van der Waals surface area contributed by atoms with Crippen molar-refractivity contribution in [3.05, 3.63) is 0 Å². The number of carbonyl (C=O) groups excluding carboxylic acids is 1. The number of carboxylic acid groups (broad SMARTS) is 2. The number of hydrogen-bond acceptors (Lipinski definition) is 4. The highest BCUT2D eigenvalue weighted by atomic mass is 16.4. The number of ketones is 1. The fraction of sp³-hybridized carbons (Fsp3) is 0.625. The van der Waals surface area contributed by atoms with Crippen molar-refractivity contribution in [1.82, 2.24) is 5.32 Å². The Morgan fingerprint density at radius 2 is 1.64 bits per heavy atom. The first-order valence-corrected chi connectivity index (χ1v) is 4.03. The van der Waals surface area contributed by atoms with Gasteiger partial charge in [-0.1, -0.05) is 0 Å². The van der Waals surface area contributed by atoms with Gasteiger partial charge in [0.1, 0.15) is 5.78 Å². The molecule has 0 amide bonds. The first-order valence-electron chi connectivity index (χ1n) is 4.03. The number of hydrogen-bond donors (Lipinski definition) is 3. The molecule has 0 saturated carbocycles. The van der Waals surface area contributed by atoms with Crippen molar-refractivity contribution in [2.45, 2.75) is 19.4 Å². The van der Waals surface area contributed by atoms with Crippen LogP contribution < -0.4 is 5.32 Å². The second kappa shape index (κ2) is 5.33. The highest BCUT2D eigenvalue weighted by Crippen LogP contribution is 2.08. The van der Waals surface area contributed by atoms with Gasteiger partial charge in [0.15, 0.2) is 5.92 Å². The van der Waals surface area contributed by atoms with Gasteiger partial charge in [-0.2, -0.15) is 0 Å². The molecule has 14 heavy (non-hydrogen) atoms. The zero-order chi connectivity index (χ0) is 11.3. The van der Waals surface area contributed by atoms with Crippen molar-refractivity contribution >= 4 is 17.7 Å². The molecule has 0 radical (unpaired) electrons. The lowest BCUT2D eigenvalue weighted by Gasteiger charge is -2.15. The normalized spacial score (nSPS) is 12.5. The Labute approximate surface area is 80.9 Å². The lowest BCUT2D eigenvalue weighted by Crippen LogP contribution is -2.38. The number of carbonyl (C=O) groups is 3. The number of Topliss-reactive ketones (excluding diaryl/α,β-unsaturated/α-hetero) is 1. The summed E-state index contributed by atoms with van der Waals surface area (Å²) >= 11 is 0. The quantitative estimate of drug-likeness (QED) is 0.495. The summed E-state index contributed by atoms with van der Waals surface area (Å²) in [7, 11) is 1.48. The number of rotatable bonds is 6. The summed E-state index contributed by atoms with van der Waals surface area (Å²) < 4.78 is 0. The maximum Gasteiger partial charge on any atom is 0.317 e. The van der Waals surface area contributed by atoms with E-state index in [9.17, 15) is 14.4 Å². The van der Waals surface area contributed by atoms with Gasteiger partial charge in [0.25, 0.3) is 0 Å². The molecule has 0 aliphatic carbocycles. The molecule has 0 aromatic rings. The van der Waals surface area contributed by atoms with E-state index in [-0.39, 0.29) is 12.2 Å². The van der Waals surface area contributed by atoms with Crippen molar-refractivity contribution < 1.29 is 24.6 Å². The van der Waals surface area contributed by atoms with E-state index in [4.69, 9.17) is 10.2 Å². The van der Waals surface area contributed by atoms with E-state index in [1.54, 1.807) is 0 Å². The third-order valence-electron chi connectivity index (χ3n) is 1.91. The van der Waals surface area contributed by atoms with Crippen LogP contribution in [0.25, 0.3) is 0 Å². The third-order valence-corrected chi connectivity index (χ3v) is 1.91. The van der Waals surface area contributed by atoms with Gasteiger partial charge >= 0.3 is 11.9 Å². The molecule has 0 aromatic carbocycles. The Hall–Kier alpha value is -1.43. The summed E-state index contributed by atoms with van der Waals surface area (Å²) in [5.74, 6) is -4.69. The van der Waals surface area contributed by atoms with E-state index in [0.29, 0.717) is 0 Å². The second-order valence-electron chi connectivity index (χ2n) is 2.92. The standard InChI is InChI=1S/C8H13NO5/c1-4(10)6(9-2)3-5(7(11)12)8(13)14/h5-6,9H,3H2,1-2H3,(H,11,12)(H,13,14)/t6-/m0/s1. The molecule has 0 fully saturated rings. The number of likely N-dealkylation sites (N-methyl/N-ethyl adjacent to an activating group) is 1. The Morgan fingerprint density at radius 3 is 1.86 bits per heavy atom. The fourth-order valence-corrected chi connectivity index (χ4v) is 1.03. The van der Waals surface area contributed by atoms with Gasteiger partial charge in [0.05, 0.1) is 6.04 Å². The van der Waals surface area contributed by atoms with Crippen LogP contribution in [0.1, 0.15) is 13.3 Å². The Balaban J connectivity index is 4.49. The van der Waals surface area contributed by atoms with Crippen LogP contribution in [0.4, 0.5) is 0 Å². The highest BCUT2D eigenvalue weighted by molar-refractivity contribution is 5.94. The second-order valence-corrected chi connectivity index (χ2v) is 2.92. The molecule has 0 bridgehead atoms. The van der Waals surface area contributed by atoms with E-state index in [0.717, 1.165) is 0 Å². The molecule has 3 N–H and O–H groups in total. The molecular weight excluding hydrogens is 190 g/mol. The van der Waals surface area contributed by atoms with Crippen molar-refractivity contribution in [3.63, 3.8) is 0 Å². The summed E-state index contributed by atoms with van der Waals surface area (Å²) in [4.78, 5) is 31.9. The SMILES string of the molecule is CN[C@@H](CC(C(=O)O)C(=O)O)C(C)=O. The van der Waals surface area contributed by atoms with E-state index in [2.05, 4.69) is 5.32 Å². The van der Waals surface area contributed by atoms with E-state index in [1.807, 2.05) is 0 Å².